The first-order valence-electron chi connectivity index (χ1n) is 9.57. The maximum Gasteiger partial charge on any atom is 0.203 e. The summed E-state index contributed by atoms with van der Waals surface area (Å²) in [6.07, 6.45) is 5.95. The van der Waals surface area contributed by atoms with E-state index in [2.05, 4.69) is 25.3 Å². The molecule has 0 saturated carbocycles. The van der Waals surface area contributed by atoms with Crippen molar-refractivity contribution in [1.29, 1.82) is 0 Å². The monoisotopic (exact) mass is 439 g/mol. The third-order valence-electron chi connectivity index (χ3n) is 4.85. The van der Waals surface area contributed by atoms with E-state index >= 15 is 0 Å². The lowest BCUT2D eigenvalue weighted by atomic mass is 10.1. The van der Waals surface area contributed by atoms with Crippen molar-refractivity contribution in [2.75, 3.05) is 26.6 Å². The van der Waals surface area contributed by atoms with E-state index in [0.29, 0.717) is 35.4 Å². The molecular formula is C22H22ClN5O3. The van der Waals surface area contributed by atoms with Gasteiger partial charge in [0, 0.05) is 30.9 Å². The third kappa shape index (κ3) is 4.49. The van der Waals surface area contributed by atoms with Gasteiger partial charge in [0.25, 0.3) is 0 Å². The van der Waals surface area contributed by atoms with Gasteiger partial charge >= 0.3 is 0 Å². The third-order valence-corrected chi connectivity index (χ3v) is 5.03. The molecule has 0 aliphatic rings. The minimum Gasteiger partial charge on any atom is -0.493 e. The maximum atomic E-state index is 5.98. The van der Waals surface area contributed by atoms with Crippen LogP contribution in [0.15, 0.2) is 42.9 Å². The fourth-order valence-electron chi connectivity index (χ4n) is 3.34. The highest BCUT2D eigenvalue weighted by Gasteiger charge is 2.13. The van der Waals surface area contributed by atoms with Crippen molar-refractivity contribution >= 4 is 28.6 Å². The summed E-state index contributed by atoms with van der Waals surface area (Å²) in [6, 6.07) is 7.79. The molecule has 0 spiro atoms. The number of methoxy groups -OCH3 is 3. The lowest BCUT2D eigenvalue weighted by Gasteiger charge is -2.14. The summed E-state index contributed by atoms with van der Waals surface area (Å²) in [5.41, 5.74) is 4.55. The molecule has 0 bridgehead atoms. The van der Waals surface area contributed by atoms with E-state index in [4.69, 9.17) is 25.8 Å². The molecule has 2 N–H and O–H groups in total. The normalized spacial score (nSPS) is 10.8. The minimum atomic E-state index is 0.373. The van der Waals surface area contributed by atoms with Crippen LogP contribution in [0, 0.1) is 0 Å². The second kappa shape index (κ2) is 9.09. The highest BCUT2D eigenvalue weighted by Crippen LogP contribution is 2.38. The van der Waals surface area contributed by atoms with E-state index in [0.717, 1.165) is 33.7 Å². The van der Waals surface area contributed by atoms with Crippen molar-refractivity contribution in [3.05, 3.63) is 64.7 Å². The zero-order valence-corrected chi connectivity index (χ0v) is 18.2. The zero-order valence-electron chi connectivity index (χ0n) is 17.4. The molecule has 160 valence electrons. The Morgan fingerprint density at radius 3 is 2.39 bits per heavy atom. The highest BCUT2D eigenvalue weighted by atomic mass is 35.5. The molecule has 3 heterocycles. The molecule has 0 unspecified atom stereocenters. The SMILES string of the molecule is COc1cc(CNc2ccc(Cc3c[nH]c4ncc(Cl)nc34)cn2)cc(OC)c1OC. The van der Waals surface area contributed by atoms with Gasteiger partial charge in [-0.3, -0.25) is 0 Å². The Hall–Kier alpha value is -3.52. The number of H-pyrrole nitrogens is 1. The molecule has 0 aliphatic heterocycles. The lowest BCUT2D eigenvalue weighted by molar-refractivity contribution is 0.324. The second-order valence-electron chi connectivity index (χ2n) is 6.82. The van der Waals surface area contributed by atoms with Crippen LogP contribution in [0.5, 0.6) is 17.2 Å². The van der Waals surface area contributed by atoms with Crippen LogP contribution < -0.4 is 19.5 Å². The second-order valence-corrected chi connectivity index (χ2v) is 7.21. The van der Waals surface area contributed by atoms with Crippen LogP contribution in [-0.2, 0) is 13.0 Å². The van der Waals surface area contributed by atoms with E-state index in [1.807, 2.05) is 36.7 Å². The first kappa shape index (κ1) is 20.7. The summed E-state index contributed by atoms with van der Waals surface area (Å²) in [5, 5.41) is 3.69. The van der Waals surface area contributed by atoms with Gasteiger partial charge in [0.1, 0.15) is 16.5 Å². The van der Waals surface area contributed by atoms with Crippen LogP contribution in [-0.4, -0.2) is 41.3 Å². The molecule has 31 heavy (non-hydrogen) atoms. The van der Waals surface area contributed by atoms with Crippen LogP contribution in [0.3, 0.4) is 0 Å². The summed E-state index contributed by atoms with van der Waals surface area (Å²) in [6.45, 7) is 0.555. The molecule has 0 fully saturated rings. The summed E-state index contributed by atoms with van der Waals surface area (Å²) < 4.78 is 16.2. The molecule has 0 saturated heterocycles. The Kier molecular flexibility index (Phi) is 6.08. The summed E-state index contributed by atoms with van der Waals surface area (Å²) in [4.78, 5) is 16.2. The Labute approximate surface area is 184 Å². The van der Waals surface area contributed by atoms with E-state index in [1.165, 1.54) is 6.20 Å². The van der Waals surface area contributed by atoms with Crippen molar-refractivity contribution in [2.24, 2.45) is 0 Å². The number of nitrogens with zero attached hydrogens (tertiary/aromatic N) is 3. The molecule has 1 aromatic carbocycles. The van der Waals surface area contributed by atoms with E-state index < -0.39 is 0 Å². The molecular weight excluding hydrogens is 418 g/mol. The van der Waals surface area contributed by atoms with Crippen molar-refractivity contribution in [3.63, 3.8) is 0 Å². The average molecular weight is 440 g/mol. The van der Waals surface area contributed by atoms with Gasteiger partial charge < -0.3 is 24.5 Å². The number of ether oxygens (including phenoxy) is 3. The topological polar surface area (TPSA) is 94.2 Å². The number of fused-ring (bicyclic) bond motifs is 1. The molecule has 9 heteroatoms. The number of hydrogen-bond donors (Lipinski definition) is 2. The molecule has 0 aliphatic carbocycles. The van der Waals surface area contributed by atoms with Crippen LogP contribution in [0.1, 0.15) is 16.7 Å². The number of nitrogens with one attached hydrogen (secondary N) is 2. The minimum absolute atomic E-state index is 0.373. The van der Waals surface area contributed by atoms with Crippen LogP contribution >= 0.6 is 11.6 Å². The molecule has 0 atom stereocenters. The smallest absolute Gasteiger partial charge is 0.203 e. The Morgan fingerprint density at radius 1 is 0.968 bits per heavy atom. The van der Waals surface area contributed by atoms with Crippen LogP contribution in [0.2, 0.25) is 5.15 Å². The standard InChI is InChI=1S/C22H22ClN5O3/c1-29-16-7-14(8-17(30-2)21(16)31-3)10-25-19-5-4-13(9-24-19)6-15-11-26-22-20(15)28-18(23)12-27-22/h4-5,7-9,11-12H,6,10H2,1-3H3,(H,24,25)(H,26,27). The first-order chi connectivity index (χ1) is 15.1. The van der Waals surface area contributed by atoms with Crippen LogP contribution in [0.25, 0.3) is 11.2 Å². The van der Waals surface area contributed by atoms with E-state index in [9.17, 15) is 0 Å². The predicted molar refractivity (Wildman–Crippen MR) is 119 cm³/mol. The van der Waals surface area contributed by atoms with Crippen molar-refractivity contribution in [2.45, 2.75) is 13.0 Å². The number of halogens is 1. The summed E-state index contributed by atoms with van der Waals surface area (Å²) in [7, 11) is 4.78. The molecule has 4 aromatic rings. The van der Waals surface area contributed by atoms with Gasteiger partial charge in [0.15, 0.2) is 17.1 Å². The maximum absolute atomic E-state index is 5.98. The summed E-state index contributed by atoms with van der Waals surface area (Å²) in [5.74, 6) is 2.56. The molecule has 4 rings (SSSR count). The number of rotatable bonds is 8. The molecule has 3 aromatic heterocycles. The Morgan fingerprint density at radius 2 is 1.74 bits per heavy atom. The van der Waals surface area contributed by atoms with Gasteiger partial charge in [-0.05, 0) is 29.3 Å². The highest BCUT2D eigenvalue weighted by molar-refractivity contribution is 6.29. The van der Waals surface area contributed by atoms with E-state index in [1.54, 1.807) is 21.3 Å². The summed E-state index contributed by atoms with van der Waals surface area (Å²) >= 11 is 5.98. The molecule has 8 nitrogen and oxygen atoms in total. The van der Waals surface area contributed by atoms with Gasteiger partial charge in [-0.15, -0.1) is 0 Å². The van der Waals surface area contributed by atoms with Gasteiger partial charge in [-0.2, -0.15) is 0 Å². The van der Waals surface area contributed by atoms with Crippen LogP contribution in [0.4, 0.5) is 5.82 Å². The van der Waals surface area contributed by atoms with E-state index in [-0.39, 0.29) is 0 Å². The fourth-order valence-corrected chi connectivity index (χ4v) is 3.47. The van der Waals surface area contributed by atoms with Gasteiger partial charge in [-0.25, -0.2) is 15.0 Å². The number of benzene rings is 1. The molecule has 0 radical (unpaired) electrons. The number of anilines is 1. The van der Waals surface area contributed by atoms with Crippen molar-refractivity contribution in [3.8, 4) is 17.2 Å². The van der Waals surface area contributed by atoms with Crippen molar-refractivity contribution < 1.29 is 14.2 Å². The Bertz CT molecular complexity index is 1170. The number of aromatic amines is 1. The lowest BCUT2D eigenvalue weighted by Crippen LogP contribution is -2.03. The number of hydrogen-bond acceptors (Lipinski definition) is 7. The fraction of sp³-hybridized carbons (Fsp3) is 0.227. The largest absolute Gasteiger partial charge is 0.493 e. The predicted octanol–water partition coefficient (Wildman–Crippen LogP) is 4.24. The van der Waals surface area contributed by atoms with Gasteiger partial charge in [-0.1, -0.05) is 17.7 Å². The van der Waals surface area contributed by atoms with Gasteiger partial charge in [0.05, 0.1) is 27.5 Å². The molecule has 0 amide bonds. The Balaban J connectivity index is 1.45. The zero-order chi connectivity index (χ0) is 21.8. The first-order valence-corrected chi connectivity index (χ1v) is 9.95. The van der Waals surface area contributed by atoms with Crippen molar-refractivity contribution in [1.82, 2.24) is 19.9 Å². The quantitative estimate of drug-likeness (QED) is 0.424. The number of pyridine rings is 1. The van der Waals surface area contributed by atoms with Gasteiger partial charge in [0.2, 0.25) is 5.75 Å². The average Bonchev–Trinajstić information content (AvgIpc) is 3.19. The number of aromatic nitrogens is 4.